The summed E-state index contributed by atoms with van der Waals surface area (Å²) in [5.74, 6) is 4.18. The molecule has 1 saturated heterocycles. The molecule has 4 atom stereocenters. The van der Waals surface area contributed by atoms with E-state index in [0.717, 1.165) is 10.8 Å². The molecule has 1 aromatic heterocycles. The molecule has 3 rings (SSSR count). The van der Waals surface area contributed by atoms with Crippen molar-refractivity contribution < 1.29 is 24.9 Å². The van der Waals surface area contributed by atoms with Crippen molar-refractivity contribution in [2.24, 2.45) is 0 Å². The molecule has 0 spiro atoms. The molecule has 0 radical (unpaired) electrons. The molecular formula is C19H18N2O7. The minimum atomic E-state index is -1.56. The topological polar surface area (TPSA) is 131 Å². The van der Waals surface area contributed by atoms with Gasteiger partial charge in [-0.25, -0.2) is 4.79 Å². The number of ether oxygens (including phenoxy) is 1. The molecule has 9 heteroatoms. The van der Waals surface area contributed by atoms with Crippen molar-refractivity contribution in [3.05, 3.63) is 68.5 Å². The van der Waals surface area contributed by atoms with Gasteiger partial charge in [0.2, 0.25) is 0 Å². The Hall–Kier alpha value is -3.03. The van der Waals surface area contributed by atoms with Crippen LogP contribution in [0.25, 0.3) is 0 Å². The van der Waals surface area contributed by atoms with Gasteiger partial charge in [0.15, 0.2) is 6.23 Å². The van der Waals surface area contributed by atoms with Crippen LogP contribution in [0.5, 0.6) is 0 Å². The number of hydrogen-bond donors (Lipinski definition) is 3. The number of nitrogens with zero attached hydrogens (tertiary/aromatic N) is 2. The molecule has 0 bridgehead atoms. The zero-order valence-electron chi connectivity index (χ0n) is 14.8. The number of hydrogen-bond acceptors (Lipinski definition) is 7. The molecule has 0 amide bonds. The van der Waals surface area contributed by atoms with Crippen molar-refractivity contribution in [3.63, 3.8) is 0 Å². The summed E-state index contributed by atoms with van der Waals surface area (Å²) in [5.41, 5.74) is -2.02. The third-order valence-electron chi connectivity index (χ3n) is 4.39. The van der Waals surface area contributed by atoms with Crippen molar-refractivity contribution in [1.29, 1.82) is 0 Å². The SMILES string of the molecule is CC#Cc1cn([C@@H]2O[C@H](CO)[C@@H](O)[C@@H]2O)c(=O)n(C(=O)c2ccccc2)c1=O. The van der Waals surface area contributed by atoms with E-state index in [2.05, 4.69) is 11.8 Å². The standard InChI is InChI=1S/C19H18N2O7/c1-2-6-12-9-20(18-15(24)14(23)13(10-22)28-18)19(27)21(17(12)26)16(25)11-7-4-3-5-8-11/h3-5,7-9,13-15,18,22-24H,10H2,1H3/t13-,14-,15+,18-/m1/s1. The van der Waals surface area contributed by atoms with Crippen LogP contribution < -0.4 is 11.2 Å². The lowest BCUT2D eigenvalue weighted by Gasteiger charge is -2.19. The van der Waals surface area contributed by atoms with Gasteiger partial charge in [0.25, 0.3) is 11.5 Å². The van der Waals surface area contributed by atoms with Crippen LogP contribution in [0, 0.1) is 11.8 Å². The van der Waals surface area contributed by atoms with Crippen LogP contribution in [-0.4, -0.2) is 55.3 Å². The number of carbonyl (C=O) groups excluding carboxylic acids is 1. The van der Waals surface area contributed by atoms with E-state index >= 15 is 0 Å². The second kappa shape index (κ2) is 7.92. The molecule has 1 fully saturated rings. The van der Waals surface area contributed by atoms with Crippen molar-refractivity contribution >= 4 is 5.91 Å². The van der Waals surface area contributed by atoms with E-state index in [0.29, 0.717) is 4.57 Å². The molecule has 0 saturated carbocycles. The quantitative estimate of drug-likeness (QED) is 0.558. The molecule has 1 aliphatic rings. The van der Waals surface area contributed by atoms with Gasteiger partial charge in [0.1, 0.15) is 23.9 Å². The first kappa shape index (κ1) is 19.7. The number of aliphatic hydroxyl groups excluding tert-OH is 3. The zero-order valence-corrected chi connectivity index (χ0v) is 14.8. The Morgan fingerprint density at radius 1 is 1.18 bits per heavy atom. The van der Waals surface area contributed by atoms with Gasteiger partial charge in [-0.1, -0.05) is 24.1 Å². The van der Waals surface area contributed by atoms with Crippen LogP contribution in [0.15, 0.2) is 46.1 Å². The van der Waals surface area contributed by atoms with Crippen molar-refractivity contribution in [2.45, 2.75) is 31.5 Å². The maximum absolute atomic E-state index is 12.9. The van der Waals surface area contributed by atoms with Crippen molar-refractivity contribution in [2.75, 3.05) is 6.61 Å². The Morgan fingerprint density at radius 3 is 2.43 bits per heavy atom. The maximum atomic E-state index is 12.9. The van der Waals surface area contributed by atoms with Gasteiger partial charge in [-0.15, -0.1) is 5.92 Å². The molecule has 0 aliphatic carbocycles. The van der Waals surface area contributed by atoms with Crippen LogP contribution in [0.1, 0.15) is 29.1 Å². The van der Waals surface area contributed by atoms with Crippen LogP contribution in [0.3, 0.4) is 0 Å². The van der Waals surface area contributed by atoms with Crippen LogP contribution >= 0.6 is 0 Å². The number of carbonyl (C=O) groups is 1. The highest BCUT2D eigenvalue weighted by Gasteiger charge is 2.44. The van der Waals surface area contributed by atoms with E-state index in [1.54, 1.807) is 18.2 Å². The third-order valence-corrected chi connectivity index (χ3v) is 4.39. The smallest absolute Gasteiger partial charge is 0.340 e. The average Bonchev–Trinajstić information content (AvgIpc) is 2.99. The third kappa shape index (κ3) is 3.30. The van der Waals surface area contributed by atoms with Gasteiger partial charge in [0, 0.05) is 11.8 Å². The van der Waals surface area contributed by atoms with Gasteiger partial charge in [-0.05, 0) is 19.1 Å². The lowest BCUT2D eigenvalue weighted by atomic mass is 10.1. The Morgan fingerprint density at radius 2 is 1.86 bits per heavy atom. The molecule has 1 aliphatic heterocycles. The Kier molecular flexibility index (Phi) is 5.58. The molecule has 146 valence electrons. The minimum absolute atomic E-state index is 0.107. The van der Waals surface area contributed by atoms with E-state index in [-0.39, 0.29) is 11.1 Å². The second-order valence-electron chi connectivity index (χ2n) is 6.15. The van der Waals surface area contributed by atoms with E-state index < -0.39 is 48.3 Å². The molecule has 3 N–H and O–H groups in total. The highest BCUT2D eigenvalue weighted by atomic mass is 16.6. The predicted octanol–water partition coefficient (Wildman–Crippen LogP) is -1.32. The summed E-state index contributed by atoms with van der Waals surface area (Å²) in [7, 11) is 0. The highest BCUT2D eigenvalue weighted by Crippen LogP contribution is 2.28. The summed E-state index contributed by atoms with van der Waals surface area (Å²) in [4.78, 5) is 38.4. The molecule has 0 unspecified atom stereocenters. The van der Waals surface area contributed by atoms with E-state index in [1.165, 1.54) is 19.1 Å². The maximum Gasteiger partial charge on any atom is 0.340 e. The summed E-state index contributed by atoms with van der Waals surface area (Å²) in [5, 5.41) is 29.4. The first-order chi connectivity index (χ1) is 13.4. The normalized spacial score (nSPS) is 23.9. The van der Waals surface area contributed by atoms with Gasteiger partial charge < -0.3 is 20.1 Å². The van der Waals surface area contributed by atoms with Crippen LogP contribution in [0.4, 0.5) is 0 Å². The fraction of sp³-hybridized carbons (Fsp3) is 0.316. The lowest BCUT2D eigenvalue weighted by molar-refractivity contribution is -0.0554. The molecule has 2 heterocycles. The summed E-state index contributed by atoms with van der Waals surface area (Å²) in [6.07, 6.45) is -4.48. The predicted molar refractivity (Wildman–Crippen MR) is 96.7 cm³/mol. The minimum Gasteiger partial charge on any atom is -0.394 e. The van der Waals surface area contributed by atoms with E-state index in [9.17, 15) is 29.7 Å². The van der Waals surface area contributed by atoms with Crippen molar-refractivity contribution in [1.82, 2.24) is 9.13 Å². The summed E-state index contributed by atoms with van der Waals surface area (Å²) in [6, 6.07) is 7.74. The fourth-order valence-corrected chi connectivity index (χ4v) is 2.97. The average molecular weight is 386 g/mol. The van der Waals surface area contributed by atoms with Gasteiger partial charge in [-0.2, -0.15) is 4.57 Å². The molecule has 28 heavy (non-hydrogen) atoms. The number of benzene rings is 1. The second-order valence-corrected chi connectivity index (χ2v) is 6.15. The number of aromatic nitrogens is 2. The monoisotopic (exact) mass is 386 g/mol. The van der Waals surface area contributed by atoms with Crippen LogP contribution in [-0.2, 0) is 4.74 Å². The largest absolute Gasteiger partial charge is 0.394 e. The summed E-state index contributed by atoms with van der Waals surface area (Å²) >= 11 is 0. The first-order valence-electron chi connectivity index (χ1n) is 8.43. The first-order valence-corrected chi connectivity index (χ1v) is 8.43. The number of aliphatic hydroxyl groups is 3. The molecule has 1 aromatic carbocycles. The summed E-state index contributed by atoms with van der Waals surface area (Å²) in [6.45, 7) is 0.887. The highest BCUT2D eigenvalue weighted by molar-refractivity contribution is 5.95. The van der Waals surface area contributed by atoms with Gasteiger partial charge in [-0.3, -0.25) is 14.2 Å². The Bertz CT molecular complexity index is 1060. The van der Waals surface area contributed by atoms with E-state index in [1.807, 2.05) is 0 Å². The Labute approximate surface area is 159 Å². The molecule has 2 aromatic rings. The van der Waals surface area contributed by atoms with Crippen LogP contribution in [0.2, 0.25) is 0 Å². The fourth-order valence-electron chi connectivity index (χ4n) is 2.97. The zero-order chi connectivity index (χ0) is 20.4. The molecule has 9 nitrogen and oxygen atoms in total. The van der Waals surface area contributed by atoms with Gasteiger partial charge in [0.05, 0.1) is 6.61 Å². The lowest BCUT2D eigenvalue weighted by Crippen LogP contribution is -2.47. The molecular weight excluding hydrogens is 368 g/mol. The van der Waals surface area contributed by atoms with Gasteiger partial charge >= 0.3 is 5.69 Å². The summed E-state index contributed by atoms with van der Waals surface area (Å²) < 4.78 is 6.58. The van der Waals surface area contributed by atoms with E-state index in [4.69, 9.17) is 4.74 Å². The van der Waals surface area contributed by atoms with Crippen molar-refractivity contribution in [3.8, 4) is 11.8 Å². The Balaban J connectivity index is 2.21. The number of rotatable bonds is 3.